The van der Waals surface area contributed by atoms with E-state index >= 15 is 0 Å². The minimum absolute atomic E-state index is 0.0794. The van der Waals surface area contributed by atoms with Crippen molar-refractivity contribution in [2.45, 2.75) is 57.1 Å². The second-order valence-corrected chi connectivity index (χ2v) is 11.2. The number of piperidine rings is 1. The van der Waals surface area contributed by atoms with Gasteiger partial charge in [0.1, 0.15) is 11.6 Å². The summed E-state index contributed by atoms with van der Waals surface area (Å²) in [7, 11) is -0.221. The number of carbonyl (C=O) groups is 1. The fourth-order valence-corrected chi connectivity index (χ4v) is 6.04. The molecule has 2 fully saturated rings. The first kappa shape index (κ1) is 23.8. The van der Waals surface area contributed by atoms with Gasteiger partial charge in [-0.1, -0.05) is 12.1 Å². The average Bonchev–Trinajstić information content (AvgIpc) is 3.61. The minimum Gasteiger partial charge on any atom is -0.497 e. The van der Waals surface area contributed by atoms with E-state index in [0.29, 0.717) is 44.2 Å². The lowest BCUT2D eigenvalue weighted by atomic mass is 9.95. The summed E-state index contributed by atoms with van der Waals surface area (Å²) in [5.41, 5.74) is 1.07. The zero-order chi connectivity index (χ0) is 23.8. The van der Waals surface area contributed by atoms with Crippen LogP contribution < -0.4 is 4.74 Å². The molecule has 1 aromatic carbocycles. The van der Waals surface area contributed by atoms with Crippen molar-refractivity contribution in [3.8, 4) is 5.75 Å². The molecule has 0 bridgehead atoms. The second-order valence-electron chi connectivity index (χ2n) is 9.31. The van der Waals surface area contributed by atoms with Crippen LogP contribution in [-0.4, -0.2) is 59.3 Å². The zero-order valence-corrected chi connectivity index (χ0v) is 20.7. The number of rotatable bonds is 8. The standard InChI is InChI=1S/C24H34N4O4S/c1-17(20-7-8-20)28(15-19-5-9-22(32-4)10-6-19)24(29)21-11-13-27(14-12-21)33(30,31)23-16-26(3)18(2)25-23/h5-6,9-10,16-17,20-21H,7-8,11-15H2,1-4H3. The van der Waals surface area contributed by atoms with Gasteiger partial charge in [0.15, 0.2) is 5.03 Å². The highest BCUT2D eigenvalue weighted by molar-refractivity contribution is 7.89. The number of methoxy groups -OCH3 is 1. The molecule has 0 radical (unpaired) electrons. The van der Waals surface area contributed by atoms with E-state index in [2.05, 4.69) is 11.9 Å². The van der Waals surface area contributed by atoms with E-state index < -0.39 is 10.0 Å². The number of hydrogen-bond donors (Lipinski definition) is 0. The molecule has 33 heavy (non-hydrogen) atoms. The van der Waals surface area contributed by atoms with Crippen LogP contribution >= 0.6 is 0 Å². The molecule has 1 aliphatic carbocycles. The Bertz CT molecular complexity index is 1060. The highest BCUT2D eigenvalue weighted by Crippen LogP contribution is 2.37. The lowest BCUT2D eigenvalue weighted by molar-refractivity contribution is -0.140. The smallest absolute Gasteiger partial charge is 0.262 e. The lowest BCUT2D eigenvalue weighted by Gasteiger charge is -2.36. The number of carbonyl (C=O) groups excluding carboxylic acids is 1. The third kappa shape index (κ3) is 5.09. The first-order valence-electron chi connectivity index (χ1n) is 11.6. The van der Waals surface area contributed by atoms with Crippen molar-refractivity contribution in [3.05, 3.63) is 41.9 Å². The first-order chi connectivity index (χ1) is 15.7. The second kappa shape index (κ2) is 9.46. The van der Waals surface area contributed by atoms with Crippen LogP contribution in [0.2, 0.25) is 0 Å². The van der Waals surface area contributed by atoms with Gasteiger partial charge in [-0.05, 0) is 63.1 Å². The summed E-state index contributed by atoms with van der Waals surface area (Å²) >= 11 is 0. The first-order valence-corrected chi connectivity index (χ1v) is 13.1. The number of aromatic nitrogens is 2. The van der Waals surface area contributed by atoms with Crippen LogP contribution in [0.3, 0.4) is 0 Å². The molecule has 1 amide bonds. The van der Waals surface area contributed by atoms with Crippen molar-refractivity contribution >= 4 is 15.9 Å². The molecule has 4 rings (SSSR count). The van der Waals surface area contributed by atoms with Crippen molar-refractivity contribution in [3.63, 3.8) is 0 Å². The van der Waals surface area contributed by atoms with Gasteiger partial charge in [-0.3, -0.25) is 4.79 Å². The van der Waals surface area contributed by atoms with Gasteiger partial charge in [-0.2, -0.15) is 4.31 Å². The molecule has 9 heteroatoms. The van der Waals surface area contributed by atoms with Gasteiger partial charge in [-0.15, -0.1) is 0 Å². The lowest BCUT2D eigenvalue weighted by Crippen LogP contribution is -2.47. The number of nitrogens with zero attached hydrogens (tertiary/aromatic N) is 4. The Labute approximate surface area is 196 Å². The minimum atomic E-state index is -3.64. The molecule has 2 aromatic rings. The SMILES string of the molecule is COc1ccc(CN(C(=O)C2CCN(S(=O)(=O)c3cn(C)c(C)n3)CC2)C(C)C2CC2)cc1. The third-order valence-electron chi connectivity index (χ3n) is 7.08. The predicted octanol–water partition coefficient (Wildman–Crippen LogP) is 2.97. The Hall–Kier alpha value is -2.39. The van der Waals surface area contributed by atoms with Crippen molar-refractivity contribution < 1.29 is 17.9 Å². The number of ether oxygens (including phenoxy) is 1. The number of amides is 1. The van der Waals surface area contributed by atoms with Crippen LogP contribution in [0.25, 0.3) is 0 Å². The number of imidazole rings is 1. The van der Waals surface area contributed by atoms with Crippen LogP contribution in [-0.2, 0) is 28.4 Å². The highest BCUT2D eigenvalue weighted by Gasteiger charge is 2.39. The summed E-state index contributed by atoms with van der Waals surface area (Å²) in [4.78, 5) is 19.8. The molecule has 2 aliphatic rings. The van der Waals surface area contributed by atoms with Crippen LogP contribution in [0, 0.1) is 18.8 Å². The number of benzene rings is 1. The number of aryl methyl sites for hydroxylation is 2. The van der Waals surface area contributed by atoms with Crippen molar-refractivity contribution in [1.29, 1.82) is 0 Å². The van der Waals surface area contributed by atoms with E-state index in [-0.39, 0.29) is 22.9 Å². The maximum Gasteiger partial charge on any atom is 0.262 e. The Balaban J connectivity index is 1.44. The molecule has 1 aliphatic heterocycles. The van der Waals surface area contributed by atoms with Crippen LogP contribution in [0.15, 0.2) is 35.5 Å². The molecule has 1 unspecified atom stereocenters. The third-order valence-corrected chi connectivity index (χ3v) is 8.86. The van der Waals surface area contributed by atoms with Crippen LogP contribution in [0.4, 0.5) is 0 Å². The Kier molecular flexibility index (Phi) is 6.81. The Morgan fingerprint density at radius 1 is 1.18 bits per heavy atom. The molecule has 180 valence electrons. The fourth-order valence-electron chi connectivity index (χ4n) is 4.54. The molecular formula is C24H34N4O4S. The largest absolute Gasteiger partial charge is 0.497 e. The number of sulfonamides is 1. The van der Waals surface area contributed by atoms with E-state index in [1.165, 1.54) is 4.31 Å². The Morgan fingerprint density at radius 3 is 2.33 bits per heavy atom. The summed E-state index contributed by atoms with van der Waals surface area (Å²) in [5.74, 6) is 1.97. The molecule has 0 N–H and O–H groups in total. The van der Waals surface area contributed by atoms with E-state index in [9.17, 15) is 13.2 Å². The normalized spacial score (nSPS) is 18.8. The molecule has 2 heterocycles. The van der Waals surface area contributed by atoms with Crippen molar-refractivity contribution in [1.82, 2.24) is 18.8 Å². The van der Waals surface area contributed by atoms with Gasteiger partial charge in [0, 0.05) is 44.8 Å². The van der Waals surface area contributed by atoms with E-state index in [0.717, 1.165) is 24.2 Å². The van der Waals surface area contributed by atoms with Crippen LogP contribution in [0.5, 0.6) is 5.75 Å². The van der Waals surface area contributed by atoms with Gasteiger partial charge < -0.3 is 14.2 Å². The number of hydrogen-bond acceptors (Lipinski definition) is 5. The van der Waals surface area contributed by atoms with Gasteiger partial charge in [0.25, 0.3) is 10.0 Å². The van der Waals surface area contributed by atoms with Gasteiger partial charge in [0.05, 0.1) is 7.11 Å². The maximum atomic E-state index is 13.6. The van der Waals surface area contributed by atoms with Gasteiger partial charge >= 0.3 is 0 Å². The van der Waals surface area contributed by atoms with Crippen LogP contribution in [0.1, 0.15) is 44.0 Å². The van der Waals surface area contributed by atoms with Crippen molar-refractivity contribution in [2.24, 2.45) is 18.9 Å². The summed E-state index contributed by atoms with van der Waals surface area (Å²) in [6, 6.07) is 8.02. The fraction of sp³-hybridized carbons (Fsp3) is 0.583. The molecule has 8 nitrogen and oxygen atoms in total. The Morgan fingerprint density at radius 2 is 1.82 bits per heavy atom. The van der Waals surface area contributed by atoms with E-state index in [4.69, 9.17) is 4.74 Å². The van der Waals surface area contributed by atoms with E-state index in [1.54, 1.807) is 31.8 Å². The molecule has 0 spiro atoms. The summed E-state index contributed by atoms with van der Waals surface area (Å²) in [6.07, 6.45) is 4.93. The maximum absolute atomic E-state index is 13.6. The van der Waals surface area contributed by atoms with E-state index in [1.807, 2.05) is 29.2 Å². The monoisotopic (exact) mass is 474 g/mol. The highest BCUT2D eigenvalue weighted by atomic mass is 32.2. The molecule has 1 saturated heterocycles. The average molecular weight is 475 g/mol. The van der Waals surface area contributed by atoms with Gasteiger partial charge in [-0.25, -0.2) is 13.4 Å². The molecular weight excluding hydrogens is 440 g/mol. The summed E-state index contributed by atoms with van der Waals surface area (Å²) < 4.78 is 34.4. The van der Waals surface area contributed by atoms with Gasteiger partial charge in [0.2, 0.25) is 5.91 Å². The zero-order valence-electron chi connectivity index (χ0n) is 19.9. The molecule has 1 aromatic heterocycles. The van der Waals surface area contributed by atoms with Crippen molar-refractivity contribution in [2.75, 3.05) is 20.2 Å². The summed E-state index contributed by atoms with van der Waals surface area (Å²) in [6.45, 7) is 5.15. The molecule has 1 atom stereocenters. The quantitative estimate of drug-likeness (QED) is 0.587. The predicted molar refractivity (Wildman–Crippen MR) is 125 cm³/mol. The molecule has 1 saturated carbocycles. The summed E-state index contributed by atoms with van der Waals surface area (Å²) in [5, 5.41) is 0.0794. The topological polar surface area (TPSA) is 84.7 Å².